The van der Waals surface area contributed by atoms with Crippen LogP contribution in [-0.4, -0.2) is 21.5 Å². The first-order chi connectivity index (χ1) is 3.81. The van der Waals surface area contributed by atoms with Gasteiger partial charge in [-0.2, -0.15) is 0 Å². The number of hydrogen-bond donors (Lipinski definition) is 0. The average molecular weight is 102 g/mol. The number of allylic oxidation sites excluding steroid dienone is 2. The summed E-state index contributed by atoms with van der Waals surface area (Å²) in [4.78, 5) is 10.3. The van der Waals surface area contributed by atoms with Gasteiger partial charge in [-0.05, 0) is 12.2 Å². The van der Waals surface area contributed by atoms with Crippen molar-refractivity contribution < 1.29 is 4.79 Å². The Balaban J connectivity index is 3.66. The summed E-state index contributed by atoms with van der Waals surface area (Å²) in [6.45, 7) is 0. The van der Waals surface area contributed by atoms with Crippen molar-refractivity contribution in [2.45, 2.75) is 0 Å². The number of ketones is 1. The van der Waals surface area contributed by atoms with E-state index in [4.69, 9.17) is 15.7 Å². The minimum atomic E-state index is -0.199. The Labute approximate surface area is 51.3 Å². The molecule has 0 rings (SSSR count). The van der Waals surface area contributed by atoms with E-state index in [9.17, 15) is 4.79 Å². The highest BCUT2D eigenvalue weighted by Crippen LogP contribution is 1.75. The number of carbonyl (C=O) groups is 1. The second kappa shape index (κ2) is 4.44. The van der Waals surface area contributed by atoms with Crippen LogP contribution in [0.1, 0.15) is 0 Å². The Morgan fingerprint density at radius 3 is 1.75 bits per heavy atom. The lowest BCUT2D eigenvalue weighted by Gasteiger charge is -1.75. The van der Waals surface area contributed by atoms with Gasteiger partial charge in [0.15, 0.2) is 5.78 Å². The second-order valence-corrected chi connectivity index (χ2v) is 1.12. The van der Waals surface area contributed by atoms with E-state index in [1.165, 1.54) is 24.1 Å². The van der Waals surface area contributed by atoms with E-state index in [0.29, 0.717) is 0 Å². The molecule has 0 aromatic carbocycles. The van der Waals surface area contributed by atoms with E-state index in [0.717, 1.165) is 0 Å². The smallest absolute Gasteiger partial charge is 0.176 e. The number of carbonyl (C=O) groups excluding carboxylic acids is 1. The molecule has 0 aliphatic carbocycles. The van der Waals surface area contributed by atoms with Gasteiger partial charge in [-0.25, -0.2) is 0 Å². The molecule has 0 saturated carbocycles. The fourth-order valence-electron chi connectivity index (χ4n) is 0.245. The molecule has 36 valence electrons. The van der Waals surface area contributed by atoms with Gasteiger partial charge in [0.05, 0.1) is 0 Å². The summed E-state index contributed by atoms with van der Waals surface area (Å²) in [6.07, 6.45) is 2.45. The molecule has 0 fully saturated rings. The first-order valence-corrected chi connectivity index (χ1v) is 2.11. The Hall–Kier alpha value is -0.720. The lowest BCUT2D eigenvalue weighted by Crippen LogP contribution is -1.83. The largest absolute Gasteiger partial charge is 0.290 e. The predicted octanol–water partition coefficient (Wildman–Crippen LogP) is -0.0801. The topological polar surface area (TPSA) is 17.1 Å². The fraction of sp³-hybridized carbons (Fsp3) is 0. The standard InChI is InChI=1S/C5H4B2O/c6-3-1-5(8)2-4-7/h1-4H/b3-1+,4-2+. The molecule has 4 radical (unpaired) electrons. The maximum Gasteiger partial charge on any atom is 0.176 e. The van der Waals surface area contributed by atoms with Crippen LogP contribution in [0.15, 0.2) is 24.1 Å². The zero-order valence-electron chi connectivity index (χ0n) is 4.37. The summed E-state index contributed by atoms with van der Waals surface area (Å²) in [5, 5.41) is 0. The predicted molar refractivity (Wildman–Crippen MR) is 34.8 cm³/mol. The molecule has 0 N–H and O–H groups in total. The van der Waals surface area contributed by atoms with Crippen LogP contribution in [0.25, 0.3) is 0 Å². The highest BCUT2D eigenvalue weighted by atomic mass is 16.1. The molecule has 0 aromatic rings. The Bertz CT molecular complexity index is 112. The minimum absolute atomic E-state index is 0.199. The summed E-state index contributed by atoms with van der Waals surface area (Å²) in [5.74, 6) is 2.14. The van der Waals surface area contributed by atoms with Crippen LogP contribution >= 0.6 is 0 Å². The maximum atomic E-state index is 10.3. The van der Waals surface area contributed by atoms with Crippen molar-refractivity contribution in [2.75, 3.05) is 0 Å². The summed E-state index contributed by atoms with van der Waals surface area (Å²) in [6, 6.07) is 0. The van der Waals surface area contributed by atoms with Crippen LogP contribution in [0.3, 0.4) is 0 Å². The lowest BCUT2D eigenvalue weighted by atomic mass is 10.1. The minimum Gasteiger partial charge on any atom is -0.290 e. The molecule has 0 saturated heterocycles. The zero-order chi connectivity index (χ0) is 6.41. The van der Waals surface area contributed by atoms with Crippen LogP contribution in [0, 0.1) is 0 Å². The molecule has 0 heterocycles. The third-order valence-corrected chi connectivity index (χ3v) is 0.521. The molecule has 0 aliphatic rings. The molecule has 0 bridgehead atoms. The Morgan fingerprint density at radius 1 is 1.12 bits per heavy atom. The molecule has 0 atom stereocenters. The quantitative estimate of drug-likeness (QED) is 0.351. The van der Waals surface area contributed by atoms with Gasteiger partial charge in [-0.3, -0.25) is 4.79 Å². The molecule has 3 heteroatoms. The van der Waals surface area contributed by atoms with E-state index in [1.807, 2.05) is 0 Å². The number of rotatable bonds is 2. The molecule has 8 heavy (non-hydrogen) atoms. The first kappa shape index (κ1) is 7.28. The summed E-state index contributed by atoms with van der Waals surface area (Å²) >= 11 is 0. The van der Waals surface area contributed by atoms with Crippen LogP contribution in [-0.2, 0) is 4.79 Å². The SMILES string of the molecule is [B]/C=C/C(=O)/C=C/[B]. The molecular formula is C5H4B2O. The van der Waals surface area contributed by atoms with Gasteiger partial charge < -0.3 is 0 Å². The van der Waals surface area contributed by atoms with Crippen molar-refractivity contribution in [2.24, 2.45) is 0 Å². The van der Waals surface area contributed by atoms with Crippen molar-refractivity contribution in [1.29, 1.82) is 0 Å². The fourth-order valence-corrected chi connectivity index (χ4v) is 0.245. The van der Waals surface area contributed by atoms with Gasteiger partial charge in [0.25, 0.3) is 0 Å². The molecule has 0 amide bonds. The zero-order valence-corrected chi connectivity index (χ0v) is 4.37. The lowest BCUT2D eigenvalue weighted by molar-refractivity contribution is -0.110. The molecule has 0 spiro atoms. The van der Waals surface area contributed by atoms with Crippen LogP contribution in [0.2, 0.25) is 0 Å². The Kier molecular flexibility index (Phi) is 4.04. The van der Waals surface area contributed by atoms with Crippen molar-refractivity contribution in [3.05, 3.63) is 24.1 Å². The third-order valence-electron chi connectivity index (χ3n) is 0.521. The normalized spacial score (nSPS) is 11.0. The first-order valence-electron chi connectivity index (χ1n) is 2.11. The van der Waals surface area contributed by atoms with Gasteiger partial charge in [0.1, 0.15) is 15.7 Å². The van der Waals surface area contributed by atoms with Crippen molar-refractivity contribution in [3.8, 4) is 0 Å². The van der Waals surface area contributed by atoms with Gasteiger partial charge in [-0.1, -0.05) is 0 Å². The maximum absolute atomic E-state index is 10.3. The van der Waals surface area contributed by atoms with E-state index in [-0.39, 0.29) is 5.78 Å². The van der Waals surface area contributed by atoms with Crippen molar-refractivity contribution in [1.82, 2.24) is 0 Å². The van der Waals surface area contributed by atoms with Crippen LogP contribution in [0.5, 0.6) is 0 Å². The summed E-state index contributed by atoms with van der Waals surface area (Å²) in [7, 11) is 9.77. The van der Waals surface area contributed by atoms with Crippen LogP contribution in [0.4, 0.5) is 0 Å². The summed E-state index contributed by atoms with van der Waals surface area (Å²) in [5.41, 5.74) is 0. The molecule has 0 unspecified atom stereocenters. The average Bonchev–Trinajstić information content (AvgIpc) is 1.68. The monoisotopic (exact) mass is 102 g/mol. The van der Waals surface area contributed by atoms with Gasteiger partial charge in [0, 0.05) is 0 Å². The molecular weight excluding hydrogens is 97.7 g/mol. The third kappa shape index (κ3) is 3.47. The highest BCUT2D eigenvalue weighted by molar-refractivity contribution is 6.22. The number of hydrogen-bond acceptors (Lipinski definition) is 1. The highest BCUT2D eigenvalue weighted by Gasteiger charge is 1.80. The second-order valence-electron chi connectivity index (χ2n) is 1.12. The van der Waals surface area contributed by atoms with Crippen LogP contribution < -0.4 is 0 Å². The molecule has 0 aromatic heterocycles. The van der Waals surface area contributed by atoms with Gasteiger partial charge in [0.2, 0.25) is 0 Å². The van der Waals surface area contributed by atoms with E-state index in [1.54, 1.807) is 0 Å². The van der Waals surface area contributed by atoms with E-state index >= 15 is 0 Å². The molecule has 1 nitrogen and oxygen atoms in total. The van der Waals surface area contributed by atoms with Gasteiger partial charge in [-0.15, -0.1) is 12.0 Å². The summed E-state index contributed by atoms with van der Waals surface area (Å²) < 4.78 is 0. The van der Waals surface area contributed by atoms with E-state index in [2.05, 4.69) is 0 Å². The Morgan fingerprint density at radius 2 is 1.50 bits per heavy atom. The van der Waals surface area contributed by atoms with Gasteiger partial charge >= 0.3 is 0 Å². The van der Waals surface area contributed by atoms with E-state index < -0.39 is 0 Å². The molecule has 0 aliphatic heterocycles. The van der Waals surface area contributed by atoms with Crippen molar-refractivity contribution in [3.63, 3.8) is 0 Å². The van der Waals surface area contributed by atoms with Crippen molar-refractivity contribution >= 4 is 21.5 Å².